The van der Waals surface area contributed by atoms with Gasteiger partial charge >= 0.3 is 0 Å². The third-order valence-corrected chi connectivity index (χ3v) is 4.70. The van der Waals surface area contributed by atoms with Crippen molar-refractivity contribution in [2.45, 2.75) is 57.5 Å². The summed E-state index contributed by atoms with van der Waals surface area (Å²) in [5.41, 5.74) is 1.36. The standard InChI is InChI=1S/C16H24N2/c1-12(13-7-9-17-10-8-13)18-16-4-2-3-15(11-16)14-5-6-14/h7-10,12,14-16,18H,2-6,11H2,1H3/t12-,15?,16?/m1/s1. The zero-order valence-electron chi connectivity index (χ0n) is 11.3. The van der Waals surface area contributed by atoms with Crippen molar-refractivity contribution in [3.05, 3.63) is 30.1 Å². The molecule has 1 aromatic heterocycles. The van der Waals surface area contributed by atoms with Gasteiger partial charge in [0, 0.05) is 24.5 Å². The van der Waals surface area contributed by atoms with Gasteiger partial charge in [-0.1, -0.05) is 12.8 Å². The molecule has 0 spiro atoms. The second kappa shape index (κ2) is 5.40. The molecule has 1 N–H and O–H groups in total. The average Bonchev–Trinajstić information content (AvgIpc) is 3.24. The van der Waals surface area contributed by atoms with Crippen molar-refractivity contribution in [1.82, 2.24) is 10.3 Å². The van der Waals surface area contributed by atoms with Crippen molar-refractivity contribution in [1.29, 1.82) is 0 Å². The minimum absolute atomic E-state index is 0.455. The largest absolute Gasteiger partial charge is 0.307 e. The molecule has 0 radical (unpaired) electrons. The van der Waals surface area contributed by atoms with Gasteiger partial charge in [-0.05, 0) is 62.1 Å². The van der Waals surface area contributed by atoms with Gasteiger partial charge in [-0.25, -0.2) is 0 Å². The molecule has 2 saturated carbocycles. The molecule has 2 nitrogen and oxygen atoms in total. The number of nitrogens with zero attached hydrogens (tertiary/aromatic N) is 1. The lowest BCUT2D eigenvalue weighted by molar-refractivity contribution is 0.249. The fourth-order valence-electron chi connectivity index (χ4n) is 3.48. The fourth-order valence-corrected chi connectivity index (χ4v) is 3.48. The first kappa shape index (κ1) is 12.2. The van der Waals surface area contributed by atoms with Crippen LogP contribution in [0.3, 0.4) is 0 Å². The number of hydrogen-bond donors (Lipinski definition) is 1. The van der Waals surface area contributed by atoms with E-state index in [0.717, 1.165) is 17.9 Å². The Morgan fingerprint density at radius 1 is 1.11 bits per heavy atom. The van der Waals surface area contributed by atoms with Crippen LogP contribution < -0.4 is 5.32 Å². The van der Waals surface area contributed by atoms with Crippen LogP contribution in [0, 0.1) is 11.8 Å². The van der Waals surface area contributed by atoms with E-state index in [-0.39, 0.29) is 0 Å². The Kier molecular flexibility index (Phi) is 3.64. The second-order valence-corrected chi connectivity index (χ2v) is 6.13. The van der Waals surface area contributed by atoms with Crippen molar-refractivity contribution >= 4 is 0 Å². The molecule has 2 fully saturated rings. The predicted molar refractivity (Wildman–Crippen MR) is 74.3 cm³/mol. The van der Waals surface area contributed by atoms with Crippen molar-refractivity contribution in [3.63, 3.8) is 0 Å². The van der Waals surface area contributed by atoms with Gasteiger partial charge in [0.25, 0.3) is 0 Å². The highest BCUT2D eigenvalue weighted by Gasteiger charge is 2.34. The van der Waals surface area contributed by atoms with E-state index in [4.69, 9.17) is 0 Å². The number of pyridine rings is 1. The molecule has 0 aromatic carbocycles. The summed E-state index contributed by atoms with van der Waals surface area (Å²) < 4.78 is 0. The Balaban J connectivity index is 1.55. The summed E-state index contributed by atoms with van der Waals surface area (Å²) in [5, 5.41) is 3.82. The Morgan fingerprint density at radius 3 is 2.61 bits per heavy atom. The molecule has 18 heavy (non-hydrogen) atoms. The first-order valence-corrected chi connectivity index (χ1v) is 7.49. The lowest BCUT2D eigenvalue weighted by Crippen LogP contribution is -2.36. The van der Waals surface area contributed by atoms with Gasteiger partial charge in [0.1, 0.15) is 0 Å². The molecular formula is C16H24N2. The third kappa shape index (κ3) is 2.92. The molecule has 0 saturated heterocycles. The van der Waals surface area contributed by atoms with E-state index in [0.29, 0.717) is 6.04 Å². The van der Waals surface area contributed by atoms with Gasteiger partial charge in [-0.2, -0.15) is 0 Å². The van der Waals surface area contributed by atoms with Gasteiger partial charge in [0.15, 0.2) is 0 Å². The Hall–Kier alpha value is -0.890. The highest BCUT2D eigenvalue weighted by Crippen LogP contribution is 2.44. The van der Waals surface area contributed by atoms with Gasteiger partial charge < -0.3 is 5.32 Å². The molecule has 0 amide bonds. The summed E-state index contributed by atoms with van der Waals surface area (Å²) in [5.74, 6) is 2.09. The summed E-state index contributed by atoms with van der Waals surface area (Å²) in [4.78, 5) is 4.09. The van der Waals surface area contributed by atoms with Crippen molar-refractivity contribution in [3.8, 4) is 0 Å². The molecule has 0 aliphatic heterocycles. The van der Waals surface area contributed by atoms with Crippen LogP contribution in [0.5, 0.6) is 0 Å². The molecule has 2 unspecified atom stereocenters. The number of hydrogen-bond acceptors (Lipinski definition) is 2. The van der Waals surface area contributed by atoms with Gasteiger partial charge in [-0.3, -0.25) is 4.98 Å². The second-order valence-electron chi connectivity index (χ2n) is 6.13. The van der Waals surface area contributed by atoms with E-state index in [2.05, 4.69) is 29.4 Å². The van der Waals surface area contributed by atoms with Crippen molar-refractivity contribution in [2.24, 2.45) is 11.8 Å². The summed E-state index contributed by atoms with van der Waals surface area (Å²) in [6, 6.07) is 5.43. The van der Waals surface area contributed by atoms with E-state index in [1.54, 1.807) is 0 Å². The zero-order valence-corrected chi connectivity index (χ0v) is 11.3. The Morgan fingerprint density at radius 2 is 1.89 bits per heavy atom. The molecule has 1 aromatic rings. The molecule has 2 aliphatic carbocycles. The SMILES string of the molecule is C[C@@H](NC1CCCC(C2CC2)C1)c1ccncc1. The van der Waals surface area contributed by atoms with Gasteiger partial charge in [-0.15, -0.1) is 0 Å². The molecule has 2 aliphatic rings. The van der Waals surface area contributed by atoms with E-state index in [1.165, 1.54) is 44.1 Å². The number of aromatic nitrogens is 1. The Labute approximate surface area is 110 Å². The maximum Gasteiger partial charge on any atom is 0.0295 e. The lowest BCUT2D eigenvalue weighted by Gasteiger charge is -2.32. The first-order chi connectivity index (χ1) is 8.83. The number of rotatable bonds is 4. The van der Waals surface area contributed by atoms with Crippen LogP contribution in [0.1, 0.15) is 57.1 Å². The highest BCUT2D eigenvalue weighted by molar-refractivity contribution is 5.14. The number of nitrogens with one attached hydrogen (secondary N) is 1. The average molecular weight is 244 g/mol. The van der Waals surface area contributed by atoms with Crippen LogP contribution in [-0.2, 0) is 0 Å². The Bertz CT molecular complexity index is 372. The molecule has 3 rings (SSSR count). The van der Waals surface area contributed by atoms with E-state index < -0.39 is 0 Å². The van der Waals surface area contributed by atoms with Crippen LogP contribution >= 0.6 is 0 Å². The van der Waals surface area contributed by atoms with Crippen LogP contribution in [0.2, 0.25) is 0 Å². The summed E-state index contributed by atoms with van der Waals surface area (Å²) >= 11 is 0. The highest BCUT2D eigenvalue weighted by atomic mass is 14.9. The summed E-state index contributed by atoms with van der Waals surface area (Å²) in [7, 11) is 0. The van der Waals surface area contributed by atoms with E-state index in [9.17, 15) is 0 Å². The predicted octanol–water partition coefficient (Wildman–Crippen LogP) is 3.70. The first-order valence-electron chi connectivity index (χ1n) is 7.49. The molecule has 1 heterocycles. The van der Waals surface area contributed by atoms with Crippen LogP contribution in [0.15, 0.2) is 24.5 Å². The van der Waals surface area contributed by atoms with Crippen LogP contribution in [0.4, 0.5) is 0 Å². The van der Waals surface area contributed by atoms with E-state index >= 15 is 0 Å². The van der Waals surface area contributed by atoms with Gasteiger partial charge in [0.2, 0.25) is 0 Å². The minimum Gasteiger partial charge on any atom is -0.307 e. The molecule has 3 atom stereocenters. The topological polar surface area (TPSA) is 24.9 Å². The quantitative estimate of drug-likeness (QED) is 0.873. The molecule has 2 heteroatoms. The van der Waals surface area contributed by atoms with Crippen molar-refractivity contribution < 1.29 is 0 Å². The summed E-state index contributed by atoms with van der Waals surface area (Å²) in [6.07, 6.45) is 12.4. The molecule has 0 bridgehead atoms. The molecular weight excluding hydrogens is 220 g/mol. The monoisotopic (exact) mass is 244 g/mol. The van der Waals surface area contributed by atoms with Crippen LogP contribution in [0.25, 0.3) is 0 Å². The smallest absolute Gasteiger partial charge is 0.0295 e. The van der Waals surface area contributed by atoms with E-state index in [1.807, 2.05) is 12.4 Å². The normalized spacial score (nSPS) is 30.1. The zero-order chi connectivity index (χ0) is 12.4. The molecule has 98 valence electrons. The summed E-state index contributed by atoms with van der Waals surface area (Å²) in [6.45, 7) is 2.27. The lowest BCUT2D eigenvalue weighted by atomic mass is 9.82. The fraction of sp³-hybridized carbons (Fsp3) is 0.688. The maximum atomic E-state index is 4.09. The van der Waals surface area contributed by atoms with Crippen LogP contribution in [-0.4, -0.2) is 11.0 Å². The third-order valence-electron chi connectivity index (χ3n) is 4.70. The van der Waals surface area contributed by atoms with Crippen molar-refractivity contribution in [2.75, 3.05) is 0 Å². The minimum atomic E-state index is 0.455. The maximum absolute atomic E-state index is 4.09. The van der Waals surface area contributed by atoms with Gasteiger partial charge in [0.05, 0.1) is 0 Å².